The Labute approximate surface area is 111 Å². The molecule has 0 saturated carbocycles. The van der Waals surface area contributed by atoms with Gasteiger partial charge in [-0.2, -0.15) is 0 Å². The first-order valence-electron chi connectivity index (χ1n) is 5.88. The highest BCUT2D eigenvalue weighted by Gasteiger charge is 2.06. The number of ether oxygens (including phenoxy) is 1. The highest BCUT2D eigenvalue weighted by Crippen LogP contribution is 2.15. The van der Waals surface area contributed by atoms with Crippen molar-refractivity contribution in [2.75, 3.05) is 12.4 Å². The molecular weight excluding hydrogens is 242 g/mol. The number of nitrogens with one attached hydrogen (secondary N) is 1. The van der Waals surface area contributed by atoms with E-state index in [0.29, 0.717) is 17.0 Å². The summed E-state index contributed by atoms with van der Waals surface area (Å²) >= 11 is 0. The van der Waals surface area contributed by atoms with Crippen LogP contribution in [0.2, 0.25) is 0 Å². The average Bonchev–Trinajstić information content (AvgIpc) is 2.48. The van der Waals surface area contributed by atoms with E-state index in [1.807, 2.05) is 0 Å². The van der Waals surface area contributed by atoms with Crippen molar-refractivity contribution in [1.82, 2.24) is 0 Å². The third kappa shape index (κ3) is 3.33. The van der Waals surface area contributed by atoms with Gasteiger partial charge in [-0.15, -0.1) is 0 Å². The third-order valence-electron chi connectivity index (χ3n) is 2.73. The number of hydrogen-bond acceptors (Lipinski definition) is 3. The molecule has 2 rings (SSSR count). The minimum absolute atomic E-state index is 0.00981. The summed E-state index contributed by atoms with van der Waals surface area (Å²) in [7, 11) is 1.56. The zero-order valence-corrected chi connectivity index (χ0v) is 10.6. The van der Waals surface area contributed by atoms with Crippen LogP contribution in [0.5, 0.6) is 5.75 Å². The van der Waals surface area contributed by atoms with Crippen LogP contribution >= 0.6 is 0 Å². The molecular formula is C15H15NO3. The number of methoxy groups -OCH3 is 1. The minimum Gasteiger partial charge on any atom is -0.497 e. The second-order valence-electron chi connectivity index (χ2n) is 4.04. The van der Waals surface area contributed by atoms with Gasteiger partial charge in [-0.1, -0.05) is 18.2 Å². The largest absolute Gasteiger partial charge is 0.497 e. The number of carbonyl (C=O) groups excluding carboxylic acids is 1. The molecule has 0 spiro atoms. The van der Waals surface area contributed by atoms with Crippen LogP contribution in [0.25, 0.3) is 0 Å². The van der Waals surface area contributed by atoms with E-state index in [4.69, 9.17) is 9.84 Å². The summed E-state index contributed by atoms with van der Waals surface area (Å²) < 4.78 is 5.08. The van der Waals surface area contributed by atoms with Crippen LogP contribution in [0, 0.1) is 0 Å². The second-order valence-corrected chi connectivity index (χ2v) is 4.04. The normalized spacial score (nSPS) is 10.0. The fraction of sp³-hybridized carbons (Fsp3) is 0.133. The molecule has 2 N–H and O–H groups in total. The fourth-order valence-corrected chi connectivity index (χ4v) is 1.66. The van der Waals surface area contributed by atoms with E-state index in [2.05, 4.69) is 5.32 Å². The van der Waals surface area contributed by atoms with Gasteiger partial charge in [-0.05, 0) is 35.9 Å². The van der Waals surface area contributed by atoms with Crippen LogP contribution in [-0.2, 0) is 6.61 Å². The lowest BCUT2D eigenvalue weighted by Crippen LogP contribution is -2.11. The molecule has 0 unspecified atom stereocenters. The molecule has 0 bridgehead atoms. The van der Waals surface area contributed by atoms with Crippen molar-refractivity contribution in [2.24, 2.45) is 0 Å². The Balaban J connectivity index is 2.11. The lowest BCUT2D eigenvalue weighted by molar-refractivity contribution is 0.102. The lowest BCUT2D eigenvalue weighted by atomic mass is 10.2. The molecule has 19 heavy (non-hydrogen) atoms. The van der Waals surface area contributed by atoms with Crippen LogP contribution in [0.3, 0.4) is 0 Å². The molecule has 0 aliphatic rings. The van der Waals surface area contributed by atoms with Crippen LogP contribution in [0.1, 0.15) is 15.9 Å². The average molecular weight is 257 g/mol. The molecule has 98 valence electrons. The van der Waals surface area contributed by atoms with Crippen molar-refractivity contribution in [3.05, 3.63) is 59.7 Å². The summed E-state index contributed by atoms with van der Waals surface area (Å²) in [6, 6.07) is 14.0. The highest BCUT2D eigenvalue weighted by molar-refractivity contribution is 6.04. The van der Waals surface area contributed by atoms with Crippen molar-refractivity contribution in [3.8, 4) is 5.75 Å². The Bertz CT molecular complexity index is 564. The smallest absolute Gasteiger partial charge is 0.255 e. The Morgan fingerprint density at radius 3 is 2.58 bits per heavy atom. The summed E-state index contributed by atoms with van der Waals surface area (Å²) in [6.07, 6.45) is 0. The summed E-state index contributed by atoms with van der Waals surface area (Å²) in [5.41, 5.74) is 2.02. The Kier molecular flexibility index (Phi) is 4.15. The number of carbonyl (C=O) groups is 1. The standard InChI is InChI=1S/C15H15NO3/c1-19-14-4-2-3-12(9-14)15(18)16-13-7-5-11(10-17)6-8-13/h2-9,17H,10H2,1H3,(H,16,18). The first-order valence-corrected chi connectivity index (χ1v) is 5.88. The van der Waals surface area contributed by atoms with E-state index >= 15 is 0 Å². The molecule has 2 aromatic carbocycles. The zero-order chi connectivity index (χ0) is 13.7. The van der Waals surface area contributed by atoms with Gasteiger partial charge < -0.3 is 15.2 Å². The van der Waals surface area contributed by atoms with E-state index in [1.165, 1.54) is 0 Å². The predicted octanol–water partition coefficient (Wildman–Crippen LogP) is 2.44. The van der Waals surface area contributed by atoms with Gasteiger partial charge in [0, 0.05) is 11.3 Å². The predicted molar refractivity (Wildman–Crippen MR) is 73.3 cm³/mol. The topological polar surface area (TPSA) is 58.6 Å². The maximum absolute atomic E-state index is 12.0. The lowest BCUT2D eigenvalue weighted by Gasteiger charge is -2.07. The van der Waals surface area contributed by atoms with Crippen LogP contribution in [0.4, 0.5) is 5.69 Å². The number of aliphatic hydroxyl groups excluding tert-OH is 1. The van der Waals surface area contributed by atoms with Gasteiger partial charge in [0.25, 0.3) is 5.91 Å². The molecule has 0 fully saturated rings. The number of hydrogen-bond donors (Lipinski definition) is 2. The Morgan fingerprint density at radius 1 is 1.21 bits per heavy atom. The first kappa shape index (κ1) is 13.1. The molecule has 0 aliphatic carbocycles. The quantitative estimate of drug-likeness (QED) is 0.884. The fourth-order valence-electron chi connectivity index (χ4n) is 1.66. The van der Waals surface area contributed by atoms with Crippen molar-refractivity contribution in [2.45, 2.75) is 6.61 Å². The third-order valence-corrected chi connectivity index (χ3v) is 2.73. The van der Waals surface area contributed by atoms with Gasteiger partial charge in [0.05, 0.1) is 13.7 Å². The summed E-state index contributed by atoms with van der Waals surface area (Å²) in [6.45, 7) is -0.00981. The molecule has 0 atom stereocenters. The van der Waals surface area contributed by atoms with E-state index in [1.54, 1.807) is 55.6 Å². The molecule has 0 radical (unpaired) electrons. The van der Waals surface area contributed by atoms with Gasteiger partial charge in [-0.25, -0.2) is 0 Å². The number of anilines is 1. The number of aliphatic hydroxyl groups is 1. The Morgan fingerprint density at radius 2 is 1.95 bits per heavy atom. The number of benzene rings is 2. The second kappa shape index (κ2) is 6.02. The molecule has 4 heteroatoms. The zero-order valence-electron chi connectivity index (χ0n) is 10.6. The van der Waals surface area contributed by atoms with E-state index in [-0.39, 0.29) is 12.5 Å². The molecule has 0 saturated heterocycles. The molecule has 0 aliphatic heterocycles. The van der Waals surface area contributed by atoms with Gasteiger partial charge in [-0.3, -0.25) is 4.79 Å². The van der Waals surface area contributed by atoms with E-state index < -0.39 is 0 Å². The van der Waals surface area contributed by atoms with Crippen LogP contribution in [0.15, 0.2) is 48.5 Å². The molecule has 0 aromatic heterocycles. The highest BCUT2D eigenvalue weighted by atomic mass is 16.5. The summed E-state index contributed by atoms with van der Waals surface area (Å²) in [5.74, 6) is 0.443. The van der Waals surface area contributed by atoms with Gasteiger partial charge in [0.1, 0.15) is 5.75 Å². The van der Waals surface area contributed by atoms with E-state index in [0.717, 1.165) is 5.56 Å². The van der Waals surface area contributed by atoms with Crippen LogP contribution < -0.4 is 10.1 Å². The van der Waals surface area contributed by atoms with Crippen molar-refractivity contribution >= 4 is 11.6 Å². The van der Waals surface area contributed by atoms with Gasteiger partial charge >= 0.3 is 0 Å². The maximum Gasteiger partial charge on any atom is 0.255 e. The maximum atomic E-state index is 12.0. The molecule has 0 heterocycles. The molecule has 2 aromatic rings. The SMILES string of the molecule is COc1cccc(C(=O)Nc2ccc(CO)cc2)c1. The van der Waals surface area contributed by atoms with Gasteiger partial charge in [0.15, 0.2) is 0 Å². The minimum atomic E-state index is -0.198. The monoisotopic (exact) mass is 257 g/mol. The summed E-state index contributed by atoms with van der Waals surface area (Å²) in [4.78, 5) is 12.0. The molecule has 4 nitrogen and oxygen atoms in total. The first-order chi connectivity index (χ1) is 9.22. The van der Waals surface area contributed by atoms with E-state index in [9.17, 15) is 4.79 Å². The number of rotatable bonds is 4. The van der Waals surface area contributed by atoms with Crippen molar-refractivity contribution in [3.63, 3.8) is 0 Å². The van der Waals surface area contributed by atoms with Gasteiger partial charge in [0.2, 0.25) is 0 Å². The Hall–Kier alpha value is -2.33. The van der Waals surface area contributed by atoms with Crippen molar-refractivity contribution in [1.29, 1.82) is 0 Å². The van der Waals surface area contributed by atoms with Crippen molar-refractivity contribution < 1.29 is 14.6 Å². The summed E-state index contributed by atoms with van der Waals surface area (Å²) in [5, 5.41) is 11.7. The molecule has 1 amide bonds. The number of amides is 1. The van der Waals surface area contributed by atoms with Crippen LogP contribution in [-0.4, -0.2) is 18.1 Å².